The van der Waals surface area contributed by atoms with Crippen LogP contribution in [0.1, 0.15) is 25.2 Å². The van der Waals surface area contributed by atoms with Crippen LogP contribution < -0.4 is 5.32 Å². The van der Waals surface area contributed by atoms with E-state index in [1.807, 2.05) is 12.1 Å². The first-order chi connectivity index (χ1) is 8.81. The van der Waals surface area contributed by atoms with Crippen LogP contribution in [0.5, 0.6) is 0 Å². The molecule has 0 atom stereocenters. The Labute approximate surface area is 114 Å². The maximum Gasteiger partial charge on any atom is 0.195 e. The molecule has 0 bridgehead atoms. The van der Waals surface area contributed by atoms with Crippen LogP contribution in [0.15, 0.2) is 31.8 Å². The molecule has 0 unspecified atom stereocenters. The monoisotopic (exact) mass is 310 g/mol. The van der Waals surface area contributed by atoms with Crippen molar-refractivity contribution in [2.45, 2.75) is 31.7 Å². The maximum atomic E-state index is 5.65. The van der Waals surface area contributed by atoms with Crippen LogP contribution in [-0.4, -0.2) is 17.6 Å². The van der Waals surface area contributed by atoms with Gasteiger partial charge in [0, 0.05) is 12.5 Å². The van der Waals surface area contributed by atoms with E-state index >= 15 is 0 Å². The summed E-state index contributed by atoms with van der Waals surface area (Å²) in [5, 5.41) is 3.47. The van der Waals surface area contributed by atoms with E-state index in [2.05, 4.69) is 26.2 Å². The number of nitrogens with zero attached hydrogens (tertiary/aromatic N) is 1. The number of rotatable bonds is 6. The molecule has 0 aliphatic heterocycles. The highest BCUT2D eigenvalue weighted by Gasteiger charge is 2.19. The average molecular weight is 311 g/mol. The SMILES string of the molecule is Brc1ccc(-c2cnc(CCCNC3CC3)o2)o1. The highest BCUT2D eigenvalue weighted by molar-refractivity contribution is 9.10. The predicted octanol–water partition coefficient (Wildman–Crippen LogP) is 3.38. The van der Waals surface area contributed by atoms with Crippen molar-refractivity contribution in [2.75, 3.05) is 6.54 Å². The zero-order valence-corrected chi connectivity index (χ0v) is 11.6. The lowest BCUT2D eigenvalue weighted by atomic mass is 10.3. The number of aryl methyl sites for hydroxylation is 1. The summed E-state index contributed by atoms with van der Waals surface area (Å²) in [4.78, 5) is 4.26. The summed E-state index contributed by atoms with van der Waals surface area (Å²) in [6.45, 7) is 1.04. The second kappa shape index (κ2) is 5.28. The van der Waals surface area contributed by atoms with Crippen LogP contribution in [0.4, 0.5) is 0 Å². The number of halogens is 1. The molecule has 1 aliphatic carbocycles. The predicted molar refractivity (Wildman–Crippen MR) is 71.3 cm³/mol. The van der Waals surface area contributed by atoms with Gasteiger partial charge in [0.2, 0.25) is 0 Å². The average Bonchev–Trinajstić information content (AvgIpc) is 2.88. The van der Waals surface area contributed by atoms with E-state index in [1.165, 1.54) is 12.8 Å². The van der Waals surface area contributed by atoms with Crippen LogP contribution in [0, 0.1) is 0 Å². The van der Waals surface area contributed by atoms with Crippen LogP contribution in [0.2, 0.25) is 0 Å². The Morgan fingerprint density at radius 1 is 1.28 bits per heavy atom. The Bertz CT molecular complexity index is 517. The van der Waals surface area contributed by atoms with Gasteiger partial charge in [-0.1, -0.05) is 0 Å². The van der Waals surface area contributed by atoms with E-state index in [0.29, 0.717) is 16.2 Å². The van der Waals surface area contributed by atoms with Crippen LogP contribution in [0.25, 0.3) is 11.5 Å². The van der Waals surface area contributed by atoms with Crippen molar-refractivity contribution >= 4 is 15.9 Å². The van der Waals surface area contributed by atoms with Crippen molar-refractivity contribution in [3.05, 3.63) is 28.9 Å². The third-order valence-corrected chi connectivity index (χ3v) is 3.37. The maximum absolute atomic E-state index is 5.65. The highest BCUT2D eigenvalue weighted by Crippen LogP contribution is 2.25. The number of furan rings is 1. The molecule has 0 aromatic carbocycles. The molecular formula is C13H15BrN2O2. The fourth-order valence-electron chi connectivity index (χ4n) is 1.82. The van der Waals surface area contributed by atoms with Crippen LogP contribution in [-0.2, 0) is 6.42 Å². The molecule has 3 rings (SSSR count). The molecule has 2 aromatic rings. The van der Waals surface area contributed by atoms with Gasteiger partial charge in [-0.05, 0) is 53.9 Å². The molecule has 0 saturated heterocycles. The number of nitrogens with one attached hydrogen (secondary N) is 1. The smallest absolute Gasteiger partial charge is 0.195 e. The van der Waals surface area contributed by atoms with Gasteiger partial charge in [0.15, 0.2) is 22.1 Å². The number of hydrogen-bond donors (Lipinski definition) is 1. The zero-order valence-electron chi connectivity index (χ0n) is 9.99. The summed E-state index contributed by atoms with van der Waals surface area (Å²) in [6.07, 6.45) is 6.29. The summed E-state index contributed by atoms with van der Waals surface area (Å²) in [6, 6.07) is 4.48. The second-order valence-electron chi connectivity index (χ2n) is 4.55. The minimum Gasteiger partial charge on any atom is -0.446 e. The third kappa shape index (κ3) is 3.03. The molecule has 5 heteroatoms. The van der Waals surface area contributed by atoms with Gasteiger partial charge in [0.1, 0.15) is 0 Å². The van der Waals surface area contributed by atoms with Gasteiger partial charge in [-0.25, -0.2) is 4.98 Å². The highest BCUT2D eigenvalue weighted by atomic mass is 79.9. The van der Waals surface area contributed by atoms with Crippen molar-refractivity contribution in [1.29, 1.82) is 0 Å². The lowest BCUT2D eigenvalue weighted by Crippen LogP contribution is -2.17. The zero-order chi connectivity index (χ0) is 12.4. The molecular weight excluding hydrogens is 296 g/mol. The van der Waals surface area contributed by atoms with Crippen molar-refractivity contribution in [2.24, 2.45) is 0 Å². The lowest BCUT2D eigenvalue weighted by Gasteiger charge is -1.99. The van der Waals surface area contributed by atoms with Gasteiger partial charge in [-0.15, -0.1) is 0 Å². The van der Waals surface area contributed by atoms with Crippen molar-refractivity contribution < 1.29 is 8.83 Å². The first-order valence-corrected chi connectivity index (χ1v) is 7.04. The molecule has 96 valence electrons. The molecule has 0 spiro atoms. The molecule has 1 aliphatic rings. The third-order valence-electron chi connectivity index (χ3n) is 2.95. The van der Waals surface area contributed by atoms with E-state index < -0.39 is 0 Å². The lowest BCUT2D eigenvalue weighted by molar-refractivity contribution is 0.468. The summed E-state index contributed by atoms with van der Waals surface area (Å²) < 4.78 is 11.8. The number of oxazole rings is 1. The standard InChI is InChI=1S/C13H15BrN2O2/c14-12-6-5-10(17-12)11-8-16-13(18-11)2-1-7-15-9-3-4-9/h5-6,8-9,15H,1-4,7H2. The van der Waals surface area contributed by atoms with Gasteiger partial charge in [-0.3, -0.25) is 0 Å². The molecule has 2 aromatic heterocycles. The summed E-state index contributed by atoms with van der Waals surface area (Å²) in [5.41, 5.74) is 0. The van der Waals surface area contributed by atoms with Gasteiger partial charge >= 0.3 is 0 Å². The summed E-state index contributed by atoms with van der Waals surface area (Å²) in [5.74, 6) is 2.16. The van der Waals surface area contributed by atoms with E-state index in [-0.39, 0.29) is 0 Å². The van der Waals surface area contributed by atoms with Crippen molar-refractivity contribution in [3.63, 3.8) is 0 Å². The first kappa shape index (κ1) is 12.0. The Morgan fingerprint density at radius 3 is 2.89 bits per heavy atom. The molecule has 1 saturated carbocycles. The second-order valence-corrected chi connectivity index (χ2v) is 5.34. The molecule has 1 N–H and O–H groups in total. The minimum absolute atomic E-state index is 0.686. The molecule has 1 fully saturated rings. The molecule has 2 heterocycles. The fraction of sp³-hybridized carbons (Fsp3) is 0.462. The molecule has 0 amide bonds. The van der Waals surface area contributed by atoms with Crippen molar-refractivity contribution in [3.8, 4) is 11.5 Å². The Balaban J connectivity index is 1.52. The van der Waals surface area contributed by atoms with Crippen LogP contribution in [0.3, 0.4) is 0 Å². The number of hydrogen-bond acceptors (Lipinski definition) is 4. The normalized spacial score (nSPS) is 15.2. The summed E-state index contributed by atoms with van der Waals surface area (Å²) >= 11 is 3.27. The minimum atomic E-state index is 0.686. The van der Waals surface area contributed by atoms with E-state index in [1.54, 1.807) is 6.20 Å². The van der Waals surface area contributed by atoms with Gasteiger partial charge < -0.3 is 14.2 Å². The number of aromatic nitrogens is 1. The Kier molecular flexibility index (Phi) is 3.52. The quantitative estimate of drug-likeness (QED) is 0.831. The Hall–Kier alpha value is -1.07. The van der Waals surface area contributed by atoms with Gasteiger partial charge in [0.25, 0.3) is 0 Å². The van der Waals surface area contributed by atoms with E-state index in [9.17, 15) is 0 Å². The molecule has 0 radical (unpaired) electrons. The summed E-state index contributed by atoms with van der Waals surface area (Å²) in [7, 11) is 0. The van der Waals surface area contributed by atoms with Gasteiger partial charge in [0.05, 0.1) is 6.20 Å². The first-order valence-electron chi connectivity index (χ1n) is 6.25. The molecule has 18 heavy (non-hydrogen) atoms. The fourth-order valence-corrected chi connectivity index (χ4v) is 2.13. The van der Waals surface area contributed by atoms with E-state index in [4.69, 9.17) is 8.83 Å². The largest absolute Gasteiger partial charge is 0.446 e. The van der Waals surface area contributed by atoms with E-state index in [0.717, 1.165) is 31.3 Å². The molecule has 4 nitrogen and oxygen atoms in total. The van der Waals surface area contributed by atoms with Gasteiger partial charge in [-0.2, -0.15) is 0 Å². The topological polar surface area (TPSA) is 51.2 Å². The van der Waals surface area contributed by atoms with Crippen LogP contribution >= 0.6 is 15.9 Å². The van der Waals surface area contributed by atoms with Crippen molar-refractivity contribution in [1.82, 2.24) is 10.3 Å². The Morgan fingerprint density at radius 2 is 2.17 bits per heavy atom.